The first kappa shape index (κ1) is 22.3. The van der Waals surface area contributed by atoms with E-state index in [1.54, 1.807) is 12.1 Å². The van der Waals surface area contributed by atoms with Crippen LogP contribution < -0.4 is 10.1 Å². The zero-order valence-corrected chi connectivity index (χ0v) is 14.8. The second-order valence-corrected chi connectivity index (χ2v) is 5.35. The normalized spacial score (nSPS) is 15.2. The number of benzene rings is 1. The van der Waals surface area contributed by atoms with Crippen LogP contribution in [0.25, 0.3) is 0 Å². The van der Waals surface area contributed by atoms with Gasteiger partial charge in [-0.1, -0.05) is 12.1 Å². The monoisotopic (exact) mass is 371 g/mol. The van der Waals surface area contributed by atoms with Crippen LogP contribution in [0, 0.1) is 0 Å². The van der Waals surface area contributed by atoms with Gasteiger partial charge in [-0.05, 0) is 24.7 Å². The summed E-state index contributed by atoms with van der Waals surface area (Å²) >= 11 is 0. The van der Waals surface area contributed by atoms with Gasteiger partial charge in [0.25, 0.3) is 0 Å². The molecule has 4 nitrogen and oxygen atoms in total. The Morgan fingerprint density at radius 2 is 1.78 bits per heavy atom. The van der Waals surface area contributed by atoms with E-state index in [2.05, 4.69) is 26.9 Å². The van der Waals surface area contributed by atoms with Gasteiger partial charge in [0, 0.05) is 45.8 Å². The van der Waals surface area contributed by atoms with Crippen LogP contribution in [-0.4, -0.2) is 62.7 Å². The lowest BCUT2D eigenvalue weighted by molar-refractivity contribution is -0.0498. The topological polar surface area (TPSA) is 27.7 Å². The van der Waals surface area contributed by atoms with Gasteiger partial charge in [0.15, 0.2) is 0 Å². The van der Waals surface area contributed by atoms with Crippen molar-refractivity contribution in [2.24, 2.45) is 0 Å². The van der Waals surface area contributed by atoms with Crippen LogP contribution in [-0.2, 0) is 6.54 Å². The zero-order chi connectivity index (χ0) is 15.1. The minimum atomic E-state index is -2.77. The van der Waals surface area contributed by atoms with Gasteiger partial charge in [0.05, 0.1) is 0 Å². The highest BCUT2D eigenvalue weighted by Crippen LogP contribution is 2.15. The van der Waals surface area contributed by atoms with Crippen molar-refractivity contribution in [3.63, 3.8) is 0 Å². The van der Waals surface area contributed by atoms with Gasteiger partial charge in [0.2, 0.25) is 0 Å². The summed E-state index contributed by atoms with van der Waals surface area (Å²) in [5.74, 6) is 0.206. The fraction of sp³-hybridized carbons (Fsp3) is 0.600. The SMILES string of the molecule is CN(CCN1CCNCC1)Cc1ccc(OC(F)F)cc1.Cl.Cl. The molecular weight excluding hydrogens is 347 g/mol. The molecule has 1 aliphatic heterocycles. The van der Waals surface area contributed by atoms with Crippen molar-refractivity contribution >= 4 is 24.8 Å². The molecule has 1 saturated heterocycles. The number of piperazine rings is 1. The van der Waals surface area contributed by atoms with E-state index in [1.807, 2.05) is 12.1 Å². The Kier molecular flexibility index (Phi) is 11.5. The summed E-state index contributed by atoms with van der Waals surface area (Å²) in [6.45, 7) is 4.43. The largest absolute Gasteiger partial charge is 0.435 e. The predicted molar refractivity (Wildman–Crippen MR) is 93.2 cm³/mol. The van der Waals surface area contributed by atoms with E-state index in [9.17, 15) is 8.78 Å². The highest BCUT2D eigenvalue weighted by molar-refractivity contribution is 5.85. The Morgan fingerprint density at radius 1 is 1.17 bits per heavy atom. The molecule has 0 amide bonds. The minimum Gasteiger partial charge on any atom is -0.435 e. The van der Waals surface area contributed by atoms with Gasteiger partial charge in [0.1, 0.15) is 5.75 Å². The number of nitrogens with one attached hydrogen (secondary N) is 1. The number of hydrogen-bond acceptors (Lipinski definition) is 4. The number of ether oxygens (including phenoxy) is 1. The molecule has 2 rings (SSSR count). The molecule has 0 saturated carbocycles. The van der Waals surface area contributed by atoms with E-state index in [0.29, 0.717) is 0 Å². The third kappa shape index (κ3) is 8.67. The molecule has 1 heterocycles. The third-order valence-electron chi connectivity index (χ3n) is 3.61. The molecule has 1 N–H and O–H groups in total. The molecule has 0 atom stereocenters. The van der Waals surface area contributed by atoms with Crippen molar-refractivity contribution in [3.05, 3.63) is 29.8 Å². The fourth-order valence-corrected chi connectivity index (χ4v) is 2.41. The quantitative estimate of drug-likeness (QED) is 0.796. The van der Waals surface area contributed by atoms with Gasteiger partial charge in [-0.15, -0.1) is 24.8 Å². The number of alkyl halides is 2. The number of halogens is 4. The second kappa shape index (κ2) is 11.8. The first-order valence-corrected chi connectivity index (χ1v) is 7.29. The average molecular weight is 372 g/mol. The van der Waals surface area contributed by atoms with Crippen molar-refractivity contribution in [3.8, 4) is 5.75 Å². The van der Waals surface area contributed by atoms with E-state index >= 15 is 0 Å². The molecule has 0 aliphatic carbocycles. The zero-order valence-electron chi connectivity index (χ0n) is 13.2. The van der Waals surface area contributed by atoms with Crippen LogP contribution in [0.3, 0.4) is 0 Å². The van der Waals surface area contributed by atoms with Crippen LogP contribution in [0.1, 0.15) is 5.56 Å². The van der Waals surface area contributed by atoms with Crippen molar-refractivity contribution in [1.82, 2.24) is 15.1 Å². The van der Waals surface area contributed by atoms with Gasteiger partial charge in [-0.25, -0.2) is 0 Å². The summed E-state index contributed by atoms with van der Waals surface area (Å²) in [4.78, 5) is 4.69. The second-order valence-electron chi connectivity index (χ2n) is 5.35. The molecule has 0 bridgehead atoms. The molecule has 0 radical (unpaired) electrons. The summed E-state index contributed by atoms with van der Waals surface area (Å²) in [6, 6.07) is 6.84. The molecule has 1 aliphatic rings. The molecule has 0 unspecified atom stereocenters. The van der Waals surface area contributed by atoms with Crippen LogP contribution in [0.15, 0.2) is 24.3 Å². The molecule has 1 aromatic rings. The molecule has 8 heteroatoms. The van der Waals surface area contributed by atoms with Gasteiger partial charge >= 0.3 is 6.61 Å². The summed E-state index contributed by atoms with van der Waals surface area (Å²) in [5, 5.41) is 3.34. The molecule has 0 spiro atoms. The highest BCUT2D eigenvalue weighted by atomic mass is 35.5. The lowest BCUT2D eigenvalue weighted by Gasteiger charge is -2.29. The van der Waals surface area contributed by atoms with Crippen LogP contribution in [0.5, 0.6) is 5.75 Å². The molecular formula is C15H25Cl2F2N3O. The van der Waals surface area contributed by atoms with Crippen LogP contribution in [0.4, 0.5) is 8.78 Å². The average Bonchev–Trinajstić information content (AvgIpc) is 2.48. The number of hydrogen-bond donors (Lipinski definition) is 1. The Bertz CT molecular complexity index is 418. The Morgan fingerprint density at radius 3 is 2.35 bits per heavy atom. The third-order valence-corrected chi connectivity index (χ3v) is 3.61. The summed E-state index contributed by atoms with van der Waals surface area (Å²) in [7, 11) is 2.08. The Labute approximate surface area is 149 Å². The maximum absolute atomic E-state index is 12.1. The van der Waals surface area contributed by atoms with Crippen LogP contribution in [0.2, 0.25) is 0 Å². The van der Waals surface area contributed by atoms with E-state index < -0.39 is 6.61 Å². The molecule has 134 valence electrons. The van der Waals surface area contributed by atoms with Crippen molar-refractivity contribution in [1.29, 1.82) is 0 Å². The number of likely N-dealkylation sites (N-methyl/N-ethyl adjacent to an activating group) is 1. The first-order valence-electron chi connectivity index (χ1n) is 7.29. The van der Waals surface area contributed by atoms with Gasteiger partial charge in [-0.3, -0.25) is 4.90 Å². The van der Waals surface area contributed by atoms with Gasteiger partial charge < -0.3 is 15.0 Å². The fourth-order valence-electron chi connectivity index (χ4n) is 2.41. The summed E-state index contributed by atoms with van der Waals surface area (Å²) < 4.78 is 28.5. The molecule has 0 aromatic heterocycles. The Balaban J connectivity index is 0.00000242. The summed E-state index contributed by atoms with van der Waals surface area (Å²) in [5.41, 5.74) is 1.10. The first-order chi connectivity index (χ1) is 10.1. The smallest absolute Gasteiger partial charge is 0.387 e. The summed E-state index contributed by atoms with van der Waals surface area (Å²) in [6.07, 6.45) is 0. The van der Waals surface area contributed by atoms with Crippen molar-refractivity contribution < 1.29 is 13.5 Å². The molecule has 1 fully saturated rings. The van der Waals surface area contributed by atoms with E-state index in [0.717, 1.165) is 51.4 Å². The lowest BCUT2D eigenvalue weighted by atomic mass is 10.2. The van der Waals surface area contributed by atoms with Crippen molar-refractivity contribution in [2.45, 2.75) is 13.2 Å². The number of rotatable bonds is 7. The standard InChI is InChI=1S/C15H23F2N3O.2ClH/c1-19(10-11-20-8-6-18-7-9-20)12-13-2-4-14(5-3-13)21-15(16)17;;/h2-5,15,18H,6-12H2,1H3;2*1H. The van der Waals surface area contributed by atoms with E-state index in [1.165, 1.54) is 0 Å². The molecule has 23 heavy (non-hydrogen) atoms. The highest BCUT2D eigenvalue weighted by Gasteiger charge is 2.10. The maximum atomic E-state index is 12.1. The van der Waals surface area contributed by atoms with Crippen molar-refractivity contribution in [2.75, 3.05) is 46.3 Å². The molecule has 1 aromatic carbocycles. The van der Waals surface area contributed by atoms with E-state index in [-0.39, 0.29) is 30.6 Å². The lowest BCUT2D eigenvalue weighted by Crippen LogP contribution is -2.45. The minimum absolute atomic E-state index is 0. The van der Waals surface area contributed by atoms with Gasteiger partial charge in [-0.2, -0.15) is 8.78 Å². The predicted octanol–water partition coefficient (Wildman–Crippen LogP) is 2.47. The van der Waals surface area contributed by atoms with Crippen LogP contribution >= 0.6 is 24.8 Å². The maximum Gasteiger partial charge on any atom is 0.387 e. The van der Waals surface area contributed by atoms with E-state index in [4.69, 9.17) is 0 Å². The Hall–Kier alpha value is -0.660. The number of nitrogens with zero attached hydrogens (tertiary/aromatic N) is 2.